The summed E-state index contributed by atoms with van der Waals surface area (Å²) in [5.74, 6) is 0.686. The molecule has 1 saturated carbocycles. The van der Waals surface area contributed by atoms with Crippen molar-refractivity contribution in [2.24, 2.45) is 0 Å². The SMILES string of the molecule is Cc1cc(-c2[c-]cccc2)ncc1[Si](C)(C)C.[Ir].[c-]1ccc2c(sc3cc(-c4ccccc4)ccc32)c1-c1cc(C2CCCCC2)ccn1. The van der Waals surface area contributed by atoms with Crippen LogP contribution in [0, 0.1) is 19.1 Å². The Morgan fingerprint density at radius 1 is 0.714 bits per heavy atom. The molecule has 7 aromatic rings. The van der Waals surface area contributed by atoms with Crippen LogP contribution in [-0.2, 0) is 20.1 Å². The van der Waals surface area contributed by atoms with Gasteiger partial charge in [-0.15, -0.1) is 59.7 Å². The first-order valence-electron chi connectivity index (χ1n) is 17.2. The van der Waals surface area contributed by atoms with E-state index < -0.39 is 8.07 Å². The largest absolute Gasteiger partial charge is 0.305 e. The van der Waals surface area contributed by atoms with Crippen molar-refractivity contribution >= 4 is 44.8 Å². The Hall–Kier alpha value is -3.73. The number of fused-ring (bicyclic) bond motifs is 3. The second kappa shape index (κ2) is 15.4. The molecule has 0 aliphatic heterocycles. The van der Waals surface area contributed by atoms with Crippen LogP contribution in [-0.4, -0.2) is 18.0 Å². The Kier molecular flexibility index (Phi) is 11.1. The van der Waals surface area contributed by atoms with E-state index in [0.717, 1.165) is 22.5 Å². The van der Waals surface area contributed by atoms with E-state index in [1.54, 1.807) is 0 Å². The number of aryl methyl sites for hydroxylation is 1. The maximum atomic E-state index is 4.77. The molecule has 0 N–H and O–H groups in total. The third-order valence-corrected chi connectivity index (χ3v) is 12.9. The van der Waals surface area contributed by atoms with Crippen LogP contribution in [0.25, 0.3) is 53.8 Å². The molecule has 1 aliphatic rings. The van der Waals surface area contributed by atoms with Crippen LogP contribution in [0.2, 0.25) is 19.6 Å². The molecule has 3 heterocycles. The van der Waals surface area contributed by atoms with Gasteiger partial charge in [0.2, 0.25) is 0 Å². The fourth-order valence-corrected chi connectivity index (χ4v) is 10.0. The predicted octanol–water partition coefficient (Wildman–Crippen LogP) is 12.0. The Morgan fingerprint density at radius 3 is 2.24 bits per heavy atom. The predicted molar refractivity (Wildman–Crippen MR) is 209 cm³/mol. The number of nitrogens with zero attached hydrogens (tertiary/aromatic N) is 2. The second-order valence-electron chi connectivity index (χ2n) is 14.0. The molecule has 49 heavy (non-hydrogen) atoms. The first-order valence-corrected chi connectivity index (χ1v) is 21.5. The minimum Gasteiger partial charge on any atom is -0.305 e. The molecule has 0 amide bonds. The van der Waals surface area contributed by atoms with E-state index in [1.165, 1.54) is 79.7 Å². The molecule has 0 spiro atoms. The average Bonchev–Trinajstić information content (AvgIpc) is 3.51. The molecule has 1 radical (unpaired) electrons. The van der Waals surface area contributed by atoms with E-state index >= 15 is 0 Å². The van der Waals surface area contributed by atoms with Gasteiger partial charge in [0.15, 0.2) is 0 Å². The Bertz CT molecular complexity index is 2160. The number of pyridine rings is 2. The fourth-order valence-electron chi connectivity index (χ4n) is 7.06. The van der Waals surface area contributed by atoms with Crippen LogP contribution in [0.1, 0.15) is 49.1 Å². The van der Waals surface area contributed by atoms with Crippen molar-refractivity contribution in [2.45, 2.75) is 64.6 Å². The number of hydrogen-bond acceptors (Lipinski definition) is 3. The van der Waals surface area contributed by atoms with Gasteiger partial charge in [0, 0.05) is 37.2 Å². The quantitative estimate of drug-likeness (QED) is 0.127. The van der Waals surface area contributed by atoms with Gasteiger partial charge in [-0.2, -0.15) is 11.3 Å². The van der Waals surface area contributed by atoms with Crippen molar-refractivity contribution < 1.29 is 20.1 Å². The number of hydrogen-bond donors (Lipinski definition) is 0. The maximum absolute atomic E-state index is 4.77. The summed E-state index contributed by atoms with van der Waals surface area (Å²) in [4.78, 5) is 9.35. The molecule has 0 unspecified atom stereocenters. The molecule has 3 aromatic heterocycles. The molecule has 249 valence electrons. The molecule has 1 aliphatic carbocycles. The normalized spacial score (nSPS) is 13.5. The average molecular weight is 851 g/mol. The van der Waals surface area contributed by atoms with Gasteiger partial charge in [-0.05, 0) is 75.6 Å². The molecule has 5 heteroatoms. The molecule has 0 saturated heterocycles. The molecular weight excluding hydrogens is 809 g/mol. The van der Waals surface area contributed by atoms with Crippen LogP contribution in [0.15, 0.2) is 116 Å². The van der Waals surface area contributed by atoms with Gasteiger partial charge in [0.25, 0.3) is 0 Å². The maximum Gasteiger partial charge on any atom is 0.0798 e. The topological polar surface area (TPSA) is 25.8 Å². The summed E-state index contributed by atoms with van der Waals surface area (Å²) in [7, 11) is -1.27. The third-order valence-electron chi connectivity index (χ3n) is 9.56. The van der Waals surface area contributed by atoms with E-state index in [-0.39, 0.29) is 20.1 Å². The zero-order chi connectivity index (χ0) is 33.1. The standard InChI is InChI=1S/C29H24NS.C15H18NSi.Ir/c1-3-8-20(9-4-1)22-14-15-24-25-12-7-13-26(29(25)31-28(24)19-22)27-18-23(16-17-30-27)21-10-5-2-6-11-21;1-12-10-14(13-8-6-5-7-9-13)16-11-15(12)17(2,3)4;/h1,3-4,7-9,12,14-19,21H,2,5-6,10-11H2;5-8,10-11H,1-4H3;/q2*-1;. The molecule has 1 fully saturated rings. The van der Waals surface area contributed by atoms with Crippen molar-refractivity contribution in [3.63, 3.8) is 0 Å². The van der Waals surface area contributed by atoms with Gasteiger partial charge >= 0.3 is 0 Å². The van der Waals surface area contributed by atoms with Gasteiger partial charge in [0.1, 0.15) is 0 Å². The number of benzene rings is 4. The fraction of sp³-hybridized carbons (Fsp3) is 0.227. The third kappa shape index (κ3) is 7.87. The first kappa shape index (κ1) is 35.1. The van der Waals surface area contributed by atoms with E-state index in [2.05, 4.69) is 135 Å². The summed E-state index contributed by atoms with van der Waals surface area (Å²) in [6, 6.07) is 43.1. The molecule has 2 nitrogen and oxygen atoms in total. The summed E-state index contributed by atoms with van der Waals surface area (Å²) in [5.41, 5.74) is 9.61. The van der Waals surface area contributed by atoms with Crippen molar-refractivity contribution in [3.8, 4) is 33.6 Å². The van der Waals surface area contributed by atoms with Crippen LogP contribution in [0.3, 0.4) is 0 Å². The van der Waals surface area contributed by atoms with E-state index in [4.69, 9.17) is 4.98 Å². The van der Waals surface area contributed by atoms with Gasteiger partial charge in [-0.25, -0.2) is 0 Å². The van der Waals surface area contributed by atoms with Crippen molar-refractivity contribution in [2.75, 3.05) is 0 Å². The summed E-state index contributed by atoms with van der Waals surface area (Å²) in [6.45, 7) is 9.24. The van der Waals surface area contributed by atoms with Gasteiger partial charge in [-0.1, -0.05) is 110 Å². The van der Waals surface area contributed by atoms with Crippen LogP contribution in [0.5, 0.6) is 0 Å². The van der Waals surface area contributed by atoms with E-state index in [1.807, 2.05) is 35.7 Å². The number of aromatic nitrogens is 2. The van der Waals surface area contributed by atoms with Gasteiger partial charge < -0.3 is 9.97 Å². The molecule has 8 rings (SSSR count). The van der Waals surface area contributed by atoms with E-state index in [0.29, 0.717) is 5.92 Å². The van der Waals surface area contributed by atoms with E-state index in [9.17, 15) is 0 Å². The summed E-state index contributed by atoms with van der Waals surface area (Å²) >= 11 is 1.86. The van der Waals surface area contributed by atoms with Gasteiger partial charge in [-0.3, -0.25) is 0 Å². The van der Waals surface area contributed by atoms with Crippen LogP contribution in [0.4, 0.5) is 0 Å². The monoisotopic (exact) mass is 851 g/mol. The Morgan fingerprint density at radius 2 is 1.51 bits per heavy atom. The van der Waals surface area contributed by atoms with Gasteiger partial charge in [0.05, 0.1) is 8.07 Å². The van der Waals surface area contributed by atoms with Crippen molar-refractivity contribution in [1.29, 1.82) is 0 Å². The Balaban J connectivity index is 0.000000198. The second-order valence-corrected chi connectivity index (χ2v) is 20.1. The molecule has 0 atom stereocenters. The molecule has 0 bridgehead atoms. The zero-order valence-corrected chi connectivity index (χ0v) is 32.9. The Labute approximate surface area is 310 Å². The summed E-state index contributed by atoms with van der Waals surface area (Å²) in [5, 5.41) is 4.06. The molecule has 4 aromatic carbocycles. The zero-order valence-electron chi connectivity index (χ0n) is 28.7. The summed E-state index contributed by atoms with van der Waals surface area (Å²) in [6.07, 6.45) is 10.7. The van der Waals surface area contributed by atoms with Crippen LogP contribution >= 0.6 is 11.3 Å². The summed E-state index contributed by atoms with van der Waals surface area (Å²) < 4.78 is 2.61. The smallest absolute Gasteiger partial charge is 0.0798 e. The first-order chi connectivity index (χ1) is 23.3. The van der Waals surface area contributed by atoms with Crippen molar-refractivity contribution in [3.05, 3.63) is 139 Å². The number of rotatable bonds is 5. The number of thiophene rings is 1. The minimum absolute atomic E-state index is 0. The minimum atomic E-state index is -1.27. The molecular formula is C44H42IrN2SSi-2. The van der Waals surface area contributed by atoms with Crippen molar-refractivity contribution in [1.82, 2.24) is 9.97 Å². The van der Waals surface area contributed by atoms with Crippen LogP contribution < -0.4 is 5.19 Å².